The molecule has 3 N–H and O–H groups in total. The van der Waals surface area contributed by atoms with Gasteiger partial charge >= 0.3 is 0 Å². The standard InChI is InChI=1S/C15H22N2O/c1-2-14(12-7-4-3-5-8-12)15(17-16)13-9-6-10-18-11-13/h3-5,7-8,11,14-15,17H,2,6,9-10,16H2,1H3. The van der Waals surface area contributed by atoms with Crippen LogP contribution in [0.3, 0.4) is 0 Å². The third-order valence-electron chi connectivity index (χ3n) is 3.61. The first-order chi connectivity index (χ1) is 8.86. The Hall–Kier alpha value is -1.32. The number of hydrogen-bond acceptors (Lipinski definition) is 3. The second kappa shape index (κ2) is 6.57. The average Bonchev–Trinajstić information content (AvgIpc) is 2.46. The van der Waals surface area contributed by atoms with Gasteiger partial charge in [-0.15, -0.1) is 0 Å². The Bertz CT molecular complexity index is 389. The van der Waals surface area contributed by atoms with Gasteiger partial charge in [-0.2, -0.15) is 0 Å². The number of nitrogens with two attached hydrogens (primary N) is 1. The summed E-state index contributed by atoms with van der Waals surface area (Å²) in [5.41, 5.74) is 5.58. The number of benzene rings is 1. The maximum Gasteiger partial charge on any atom is 0.0876 e. The molecule has 0 aliphatic carbocycles. The summed E-state index contributed by atoms with van der Waals surface area (Å²) in [5.74, 6) is 6.16. The molecule has 1 aliphatic heterocycles. The van der Waals surface area contributed by atoms with Gasteiger partial charge in [0.25, 0.3) is 0 Å². The van der Waals surface area contributed by atoms with Crippen molar-refractivity contribution < 1.29 is 4.74 Å². The van der Waals surface area contributed by atoms with Crippen LogP contribution in [0.4, 0.5) is 0 Å². The largest absolute Gasteiger partial charge is 0.501 e. The fraction of sp³-hybridized carbons (Fsp3) is 0.467. The highest BCUT2D eigenvalue weighted by Gasteiger charge is 2.25. The monoisotopic (exact) mass is 246 g/mol. The van der Waals surface area contributed by atoms with E-state index in [1.165, 1.54) is 11.1 Å². The molecule has 2 unspecified atom stereocenters. The molecule has 3 nitrogen and oxygen atoms in total. The van der Waals surface area contributed by atoms with Gasteiger partial charge in [0.2, 0.25) is 0 Å². The smallest absolute Gasteiger partial charge is 0.0876 e. The summed E-state index contributed by atoms with van der Waals surface area (Å²) >= 11 is 0. The average molecular weight is 246 g/mol. The number of nitrogens with one attached hydrogen (secondary N) is 1. The Kier molecular flexibility index (Phi) is 4.79. The van der Waals surface area contributed by atoms with Crippen molar-refractivity contribution in [2.75, 3.05) is 6.61 Å². The van der Waals surface area contributed by atoms with E-state index in [2.05, 4.69) is 36.6 Å². The summed E-state index contributed by atoms with van der Waals surface area (Å²) in [7, 11) is 0. The fourth-order valence-electron chi connectivity index (χ4n) is 2.66. The lowest BCUT2D eigenvalue weighted by atomic mass is 9.84. The molecule has 3 heteroatoms. The highest BCUT2D eigenvalue weighted by molar-refractivity contribution is 5.26. The van der Waals surface area contributed by atoms with Crippen molar-refractivity contribution in [2.24, 2.45) is 5.84 Å². The van der Waals surface area contributed by atoms with Crippen molar-refractivity contribution >= 4 is 0 Å². The summed E-state index contributed by atoms with van der Waals surface area (Å²) in [4.78, 5) is 0. The van der Waals surface area contributed by atoms with E-state index in [4.69, 9.17) is 10.6 Å². The van der Waals surface area contributed by atoms with Gasteiger partial charge in [-0.25, -0.2) is 0 Å². The Morgan fingerprint density at radius 3 is 2.67 bits per heavy atom. The first kappa shape index (κ1) is 13.1. The third kappa shape index (κ3) is 2.92. The van der Waals surface area contributed by atoms with Crippen LogP contribution in [-0.2, 0) is 4.74 Å². The zero-order chi connectivity index (χ0) is 12.8. The minimum atomic E-state index is 0.165. The zero-order valence-electron chi connectivity index (χ0n) is 10.9. The van der Waals surface area contributed by atoms with E-state index in [1.807, 2.05) is 12.3 Å². The molecule has 0 fully saturated rings. The molecule has 0 saturated heterocycles. The van der Waals surface area contributed by atoms with Crippen LogP contribution in [0.2, 0.25) is 0 Å². The second-order valence-electron chi connectivity index (χ2n) is 4.74. The molecule has 1 aromatic rings. The van der Waals surface area contributed by atoms with Crippen molar-refractivity contribution in [3.63, 3.8) is 0 Å². The predicted octanol–water partition coefficient (Wildman–Crippen LogP) is 2.71. The first-order valence-corrected chi connectivity index (χ1v) is 6.68. The Balaban J connectivity index is 2.21. The van der Waals surface area contributed by atoms with Gasteiger partial charge in [0.05, 0.1) is 18.9 Å². The summed E-state index contributed by atoms with van der Waals surface area (Å²) in [5, 5.41) is 0. The molecular weight excluding hydrogens is 224 g/mol. The van der Waals surface area contributed by atoms with Crippen LogP contribution in [0.1, 0.15) is 37.7 Å². The highest BCUT2D eigenvalue weighted by atomic mass is 16.5. The maximum atomic E-state index is 5.77. The molecule has 0 saturated carbocycles. The molecular formula is C15H22N2O. The molecule has 18 heavy (non-hydrogen) atoms. The Morgan fingerprint density at radius 1 is 1.33 bits per heavy atom. The molecule has 0 bridgehead atoms. The molecule has 2 atom stereocenters. The van der Waals surface area contributed by atoms with Crippen molar-refractivity contribution in [1.82, 2.24) is 5.43 Å². The highest BCUT2D eigenvalue weighted by Crippen LogP contribution is 2.30. The summed E-state index contributed by atoms with van der Waals surface area (Å²) in [6.07, 6.45) is 5.09. The fourth-order valence-corrected chi connectivity index (χ4v) is 2.66. The van der Waals surface area contributed by atoms with E-state index in [-0.39, 0.29) is 6.04 Å². The minimum absolute atomic E-state index is 0.165. The van der Waals surface area contributed by atoms with Gasteiger partial charge in [0.15, 0.2) is 0 Å². The van der Waals surface area contributed by atoms with E-state index >= 15 is 0 Å². The molecule has 98 valence electrons. The van der Waals surface area contributed by atoms with E-state index in [0.717, 1.165) is 25.9 Å². The van der Waals surface area contributed by atoms with Gasteiger partial charge in [0.1, 0.15) is 0 Å². The number of rotatable bonds is 5. The topological polar surface area (TPSA) is 47.3 Å². The molecule has 1 aliphatic rings. The molecule has 1 heterocycles. The molecule has 0 radical (unpaired) electrons. The van der Waals surface area contributed by atoms with Crippen molar-refractivity contribution in [3.8, 4) is 0 Å². The normalized spacial score (nSPS) is 18.7. The lowest BCUT2D eigenvalue weighted by Crippen LogP contribution is -2.41. The first-order valence-electron chi connectivity index (χ1n) is 6.68. The number of hydrazine groups is 1. The lowest BCUT2D eigenvalue weighted by molar-refractivity contribution is 0.217. The Labute approximate surface area is 109 Å². The lowest BCUT2D eigenvalue weighted by Gasteiger charge is -2.29. The van der Waals surface area contributed by atoms with Gasteiger partial charge in [-0.3, -0.25) is 11.3 Å². The molecule has 0 spiro atoms. The van der Waals surface area contributed by atoms with Crippen molar-refractivity contribution in [1.29, 1.82) is 0 Å². The van der Waals surface area contributed by atoms with Crippen LogP contribution in [0.15, 0.2) is 42.2 Å². The van der Waals surface area contributed by atoms with Crippen LogP contribution in [0, 0.1) is 0 Å². The summed E-state index contributed by atoms with van der Waals surface area (Å²) in [6.45, 7) is 3.02. The van der Waals surface area contributed by atoms with Crippen molar-refractivity contribution in [2.45, 2.75) is 38.1 Å². The van der Waals surface area contributed by atoms with Gasteiger partial charge in [-0.1, -0.05) is 37.3 Å². The molecule has 2 rings (SSSR count). The Morgan fingerprint density at radius 2 is 2.11 bits per heavy atom. The van der Waals surface area contributed by atoms with Gasteiger partial charge in [-0.05, 0) is 30.4 Å². The van der Waals surface area contributed by atoms with Gasteiger partial charge in [0, 0.05) is 5.92 Å². The van der Waals surface area contributed by atoms with Crippen molar-refractivity contribution in [3.05, 3.63) is 47.7 Å². The predicted molar refractivity (Wildman–Crippen MR) is 73.9 cm³/mol. The van der Waals surface area contributed by atoms with Gasteiger partial charge < -0.3 is 4.74 Å². The molecule has 1 aromatic carbocycles. The van der Waals surface area contributed by atoms with Crippen LogP contribution in [0.5, 0.6) is 0 Å². The SMILES string of the molecule is CCC(c1ccccc1)C(NN)C1=COCCC1. The second-order valence-corrected chi connectivity index (χ2v) is 4.74. The van der Waals surface area contributed by atoms with Crippen LogP contribution in [-0.4, -0.2) is 12.6 Å². The third-order valence-corrected chi connectivity index (χ3v) is 3.61. The zero-order valence-corrected chi connectivity index (χ0v) is 10.9. The van der Waals surface area contributed by atoms with E-state index in [1.54, 1.807) is 0 Å². The minimum Gasteiger partial charge on any atom is -0.501 e. The number of ether oxygens (including phenoxy) is 1. The van der Waals surface area contributed by atoms with Crippen LogP contribution < -0.4 is 11.3 Å². The van der Waals surface area contributed by atoms with E-state index in [9.17, 15) is 0 Å². The molecule has 0 aromatic heterocycles. The maximum absolute atomic E-state index is 5.77. The van der Waals surface area contributed by atoms with Crippen LogP contribution in [0.25, 0.3) is 0 Å². The van der Waals surface area contributed by atoms with E-state index < -0.39 is 0 Å². The molecule has 0 amide bonds. The summed E-state index contributed by atoms with van der Waals surface area (Å²) < 4.78 is 5.44. The van der Waals surface area contributed by atoms with E-state index in [0.29, 0.717) is 5.92 Å². The summed E-state index contributed by atoms with van der Waals surface area (Å²) in [6, 6.07) is 10.7. The van der Waals surface area contributed by atoms with Crippen LogP contribution >= 0.6 is 0 Å². The number of hydrogen-bond donors (Lipinski definition) is 2. The quantitative estimate of drug-likeness (QED) is 0.620.